The Kier molecular flexibility index (Phi) is 3.55. The number of aromatic nitrogens is 4. The first-order valence-electron chi connectivity index (χ1n) is 6.90. The van der Waals surface area contributed by atoms with E-state index in [1.807, 2.05) is 23.0 Å². The van der Waals surface area contributed by atoms with Gasteiger partial charge in [-0.3, -0.25) is 9.88 Å². The molecule has 1 unspecified atom stereocenters. The summed E-state index contributed by atoms with van der Waals surface area (Å²) >= 11 is 0. The molecule has 0 radical (unpaired) electrons. The largest absolute Gasteiger partial charge is 0.294 e. The molecule has 0 amide bonds. The van der Waals surface area contributed by atoms with Gasteiger partial charge < -0.3 is 0 Å². The highest BCUT2D eigenvalue weighted by molar-refractivity contribution is 5.27. The van der Waals surface area contributed by atoms with E-state index < -0.39 is 0 Å². The number of likely N-dealkylation sites (tertiary alicyclic amines) is 1. The van der Waals surface area contributed by atoms with E-state index >= 15 is 0 Å². The van der Waals surface area contributed by atoms with Crippen LogP contribution in [-0.4, -0.2) is 37.7 Å². The van der Waals surface area contributed by atoms with Crippen LogP contribution in [0.1, 0.15) is 38.1 Å². The van der Waals surface area contributed by atoms with Gasteiger partial charge in [0.25, 0.3) is 0 Å². The molecular weight excluding hydrogens is 238 g/mol. The Balaban J connectivity index is 1.87. The van der Waals surface area contributed by atoms with Crippen LogP contribution in [0.2, 0.25) is 0 Å². The fraction of sp³-hybridized carbons (Fsp3) is 0.500. The van der Waals surface area contributed by atoms with Gasteiger partial charge in [0.05, 0.1) is 17.9 Å². The molecule has 5 nitrogen and oxygen atoms in total. The van der Waals surface area contributed by atoms with Crippen LogP contribution < -0.4 is 0 Å². The third-order valence-electron chi connectivity index (χ3n) is 3.78. The second-order valence-corrected chi connectivity index (χ2v) is 5.01. The molecule has 0 bridgehead atoms. The zero-order chi connectivity index (χ0) is 13.1. The van der Waals surface area contributed by atoms with Gasteiger partial charge in [0.2, 0.25) is 0 Å². The van der Waals surface area contributed by atoms with E-state index in [1.54, 1.807) is 12.5 Å². The van der Waals surface area contributed by atoms with E-state index in [9.17, 15) is 0 Å². The number of hydrogen-bond acceptors (Lipinski definition) is 4. The Morgan fingerprint density at radius 1 is 1.21 bits per heavy atom. The quantitative estimate of drug-likeness (QED) is 0.845. The molecule has 0 N–H and O–H groups in total. The third kappa shape index (κ3) is 2.51. The highest BCUT2D eigenvalue weighted by atomic mass is 15.4. The fourth-order valence-corrected chi connectivity index (χ4v) is 2.68. The van der Waals surface area contributed by atoms with Crippen LogP contribution >= 0.6 is 0 Å². The topological polar surface area (TPSA) is 46.8 Å². The van der Waals surface area contributed by atoms with Crippen LogP contribution in [0.3, 0.4) is 0 Å². The Labute approximate surface area is 113 Å². The SMILES string of the molecule is CC(c1ncnn1-c1cccnc1)N1CCCCC1. The van der Waals surface area contributed by atoms with Gasteiger partial charge in [0, 0.05) is 6.20 Å². The number of nitrogens with zero attached hydrogens (tertiary/aromatic N) is 5. The van der Waals surface area contributed by atoms with Crippen molar-refractivity contribution in [3.8, 4) is 5.69 Å². The predicted octanol–water partition coefficient (Wildman–Crippen LogP) is 2.21. The highest BCUT2D eigenvalue weighted by Gasteiger charge is 2.22. The van der Waals surface area contributed by atoms with Gasteiger partial charge in [-0.05, 0) is 45.0 Å². The molecule has 0 aromatic carbocycles. The molecule has 3 heterocycles. The average Bonchev–Trinajstić information content (AvgIpc) is 2.98. The molecule has 1 fully saturated rings. The fourth-order valence-electron chi connectivity index (χ4n) is 2.68. The molecule has 2 aromatic heterocycles. The number of hydrogen-bond donors (Lipinski definition) is 0. The van der Waals surface area contributed by atoms with Crippen molar-refractivity contribution in [1.29, 1.82) is 0 Å². The first kappa shape index (κ1) is 12.3. The lowest BCUT2D eigenvalue weighted by Gasteiger charge is -2.31. The molecular formula is C14H19N5. The summed E-state index contributed by atoms with van der Waals surface area (Å²) in [5.74, 6) is 0.995. The van der Waals surface area contributed by atoms with E-state index in [-0.39, 0.29) is 0 Å². The molecule has 0 saturated carbocycles. The molecule has 5 heteroatoms. The van der Waals surface area contributed by atoms with Gasteiger partial charge >= 0.3 is 0 Å². The summed E-state index contributed by atoms with van der Waals surface area (Å²) < 4.78 is 1.90. The van der Waals surface area contributed by atoms with Crippen molar-refractivity contribution >= 4 is 0 Å². The maximum absolute atomic E-state index is 4.45. The molecule has 3 rings (SSSR count). The first-order chi connectivity index (χ1) is 9.36. The monoisotopic (exact) mass is 257 g/mol. The minimum Gasteiger partial charge on any atom is -0.294 e. The van der Waals surface area contributed by atoms with E-state index in [4.69, 9.17) is 0 Å². The van der Waals surface area contributed by atoms with Crippen LogP contribution in [0.5, 0.6) is 0 Å². The van der Waals surface area contributed by atoms with Gasteiger partial charge in [-0.25, -0.2) is 9.67 Å². The maximum atomic E-state index is 4.45. The Morgan fingerprint density at radius 3 is 2.79 bits per heavy atom. The second kappa shape index (κ2) is 5.48. The number of piperidine rings is 1. The average molecular weight is 257 g/mol. The highest BCUT2D eigenvalue weighted by Crippen LogP contribution is 2.23. The molecule has 1 aliphatic heterocycles. The number of rotatable bonds is 3. The van der Waals surface area contributed by atoms with Crippen molar-refractivity contribution in [3.63, 3.8) is 0 Å². The summed E-state index contributed by atoms with van der Waals surface area (Å²) in [5.41, 5.74) is 0.971. The standard InChI is InChI=1S/C14H19N5/c1-12(18-8-3-2-4-9-18)14-16-11-17-19(14)13-6-5-7-15-10-13/h5-7,10-12H,2-4,8-9H2,1H3. The van der Waals surface area contributed by atoms with Crippen LogP contribution in [0.25, 0.3) is 5.69 Å². The first-order valence-corrected chi connectivity index (χ1v) is 6.90. The second-order valence-electron chi connectivity index (χ2n) is 5.01. The van der Waals surface area contributed by atoms with Gasteiger partial charge in [-0.2, -0.15) is 5.10 Å². The van der Waals surface area contributed by atoms with Crippen LogP contribution in [0.15, 0.2) is 30.9 Å². The van der Waals surface area contributed by atoms with E-state index in [1.165, 1.54) is 19.3 Å². The Morgan fingerprint density at radius 2 is 2.05 bits per heavy atom. The summed E-state index contributed by atoms with van der Waals surface area (Å²) in [7, 11) is 0. The van der Waals surface area contributed by atoms with E-state index in [0.717, 1.165) is 24.6 Å². The van der Waals surface area contributed by atoms with Crippen LogP contribution in [0.4, 0.5) is 0 Å². The third-order valence-corrected chi connectivity index (χ3v) is 3.78. The molecule has 1 atom stereocenters. The molecule has 1 aliphatic rings. The van der Waals surface area contributed by atoms with E-state index in [2.05, 4.69) is 26.9 Å². The number of pyridine rings is 1. The van der Waals surface area contributed by atoms with Crippen molar-refractivity contribution in [1.82, 2.24) is 24.6 Å². The summed E-state index contributed by atoms with van der Waals surface area (Å²) in [6, 6.07) is 4.23. The summed E-state index contributed by atoms with van der Waals surface area (Å²) in [6.07, 6.45) is 9.13. The van der Waals surface area contributed by atoms with Crippen molar-refractivity contribution in [2.75, 3.05) is 13.1 Å². The predicted molar refractivity (Wildman–Crippen MR) is 73.0 cm³/mol. The van der Waals surface area contributed by atoms with E-state index in [0.29, 0.717) is 6.04 Å². The molecule has 0 spiro atoms. The lowest BCUT2D eigenvalue weighted by molar-refractivity contribution is 0.167. The van der Waals surface area contributed by atoms with Gasteiger partial charge in [0.1, 0.15) is 12.2 Å². The van der Waals surface area contributed by atoms with Crippen molar-refractivity contribution in [2.24, 2.45) is 0 Å². The lowest BCUT2D eigenvalue weighted by Crippen LogP contribution is -2.33. The van der Waals surface area contributed by atoms with Crippen molar-refractivity contribution in [2.45, 2.75) is 32.2 Å². The zero-order valence-electron chi connectivity index (χ0n) is 11.2. The minimum absolute atomic E-state index is 0.294. The lowest BCUT2D eigenvalue weighted by atomic mass is 10.1. The van der Waals surface area contributed by atoms with Crippen molar-refractivity contribution < 1.29 is 0 Å². The smallest absolute Gasteiger partial charge is 0.149 e. The molecule has 100 valence electrons. The molecule has 1 saturated heterocycles. The Hall–Kier alpha value is -1.75. The molecule has 0 aliphatic carbocycles. The van der Waals surface area contributed by atoms with Gasteiger partial charge in [-0.1, -0.05) is 6.42 Å². The van der Waals surface area contributed by atoms with Crippen molar-refractivity contribution in [3.05, 3.63) is 36.7 Å². The van der Waals surface area contributed by atoms with Crippen LogP contribution in [-0.2, 0) is 0 Å². The molecule has 19 heavy (non-hydrogen) atoms. The summed E-state index contributed by atoms with van der Waals surface area (Å²) in [4.78, 5) is 11.1. The normalized spacial score (nSPS) is 18.4. The Bertz CT molecular complexity index is 516. The maximum Gasteiger partial charge on any atom is 0.149 e. The van der Waals surface area contributed by atoms with Crippen LogP contribution in [0, 0.1) is 0 Å². The molecule has 2 aromatic rings. The zero-order valence-corrected chi connectivity index (χ0v) is 11.2. The summed E-state index contributed by atoms with van der Waals surface area (Å²) in [6.45, 7) is 4.52. The van der Waals surface area contributed by atoms with Gasteiger partial charge in [-0.15, -0.1) is 0 Å². The summed E-state index contributed by atoms with van der Waals surface area (Å²) in [5, 5.41) is 4.34. The van der Waals surface area contributed by atoms with Gasteiger partial charge in [0.15, 0.2) is 0 Å². The minimum atomic E-state index is 0.294.